The van der Waals surface area contributed by atoms with Crippen LogP contribution in [0.4, 0.5) is 0 Å². The minimum Gasteiger partial charge on any atom is -0.497 e. The SMILES string of the molecule is COc1ccc(-c2scnc2-c2ccccc2)cc1. The van der Waals surface area contributed by atoms with Crippen LogP contribution >= 0.6 is 11.3 Å². The molecular weight excluding hydrogens is 254 g/mol. The minimum atomic E-state index is 0.870. The van der Waals surface area contributed by atoms with Gasteiger partial charge in [0.2, 0.25) is 0 Å². The van der Waals surface area contributed by atoms with Gasteiger partial charge < -0.3 is 4.74 Å². The summed E-state index contributed by atoms with van der Waals surface area (Å²) < 4.78 is 5.19. The van der Waals surface area contributed by atoms with Gasteiger partial charge in [0.1, 0.15) is 5.75 Å². The van der Waals surface area contributed by atoms with Crippen LogP contribution in [0.3, 0.4) is 0 Å². The highest BCUT2D eigenvalue weighted by atomic mass is 32.1. The van der Waals surface area contributed by atoms with Crippen molar-refractivity contribution in [1.82, 2.24) is 4.98 Å². The van der Waals surface area contributed by atoms with Gasteiger partial charge in [-0.3, -0.25) is 0 Å². The fraction of sp³-hybridized carbons (Fsp3) is 0.0625. The normalized spacial score (nSPS) is 10.4. The molecule has 2 nitrogen and oxygen atoms in total. The summed E-state index contributed by atoms with van der Waals surface area (Å²) in [5.74, 6) is 0.870. The summed E-state index contributed by atoms with van der Waals surface area (Å²) in [7, 11) is 1.68. The van der Waals surface area contributed by atoms with Crippen LogP contribution in [0.15, 0.2) is 60.1 Å². The van der Waals surface area contributed by atoms with E-state index in [2.05, 4.69) is 29.2 Å². The van der Waals surface area contributed by atoms with Crippen LogP contribution in [0.25, 0.3) is 21.7 Å². The van der Waals surface area contributed by atoms with Gasteiger partial charge in [-0.2, -0.15) is 0 Å². The Bertz CT molecular complexity index is 659. The van der Waals surface area contributed by atoms with Gasteiger partial charge in [0.05, 0.1) is 23.2 Å². The molecule has 0 aliphatic heterocycles. The zero-order valence-electron chi connectivity index (χ0n) is 10.5. The van der Waals surface area contributed by atoms with Crippen LogP contribution in [-0.2, 0) is 0 Å². The summed E-state index contributed by atoms with van der Waals surface area (Å²) in [4.78, 5) is 5.68. The second kappa shape index (κ2) is 5.24. The highest BCUT2D eigenvalue weighted by Gasteiger charge is 2.10. The zero-order valence-corrected chi connectivity index (χ0v) is 11.4. The van der Waals surface area contributed by atoms with Crippen molar-refractivity contribution in [2.75, 3.05) is 7.11 Å². The molecule has 3 heteroatoms. The molecule has 94 valence electrons. The Morgan fingerprint density at radius 3 is 2.32 bits per heavy atom. The third-order valence-electron chi connectivity index (χ3n) is 2.97. The predicted octanol–water partition coefficient (Wildman–Crippen LogP) is 4.49. The smallest absolute Gasteiger partial charge is 0.118 e. The van der Waals surface area contributed by atoms with Crippen molar-refractivity contribution in [2.24, 2.45) is 0 Å². The number of hydrogen-bond acceptors (Lipinski definition) is 3. The topological polar surface area (TPSA) is 22.1 Å². The van der Waals surface area contributed by atoms with Gasteiger partial charge in [-0.1, -0.05) is 30.3 Å². The maximum absolute atomic E-state index is 5.19. The number of ether oxygens (including phenoxy) is 1. The van der Waals surface area contributed by atoms with Crippen molar-refractivity contribution in [3.05, 3.63) is 60.1 Å². The van der Waals surface area contributed by atoms with E-state index >= 15 is 0 Å². The molecule has 0 aliphatic carbocycles. The standard InChI is InChI=1S/C16H13NOS/c1-18-14-9-7-13(8-10-14)16-15(17-11-19-16)12-5-3-2-4-6-12/h2-11H,1H3. The van der Waals surface area contributed by atoms with Crippen LogP contribution in [0.2, 0.25) is 0 Å². The number of thiazole rings is 1. The summed E-state index contributed by atoms with van der Waals surface area (Å²) in [6.07, 6.45) is 0. The Labute approximate surface area is 116 Å². The van der Waals surface area contributed by atoms with Crippen molar-refractivity contribution in [3.63, 3.8) is 0 Å². The fourth-order valence-corrected chi connectivity index (χ4v) is 2.81. The third-order valence-corrected chi connectivity index (χ3v) is 3.84. The third kappa shape index (κ3) is 2.37. The van der Waals surface area contributed by atoms with Crippen molar-refractivity contribution in [1.29, 1.82) is 0 Å². The summed E-state index contributed by atoms with van der Waals surface area (Å²) in [5.41, 5.74) is 5.24. The van der Waals surface area contributed by atoms with Crippen LogP contribution in [0, 0.1) is 0 Å². The van der Waals surface area contributed by atoms with E-state index < -0.39 is 0 Å². The molecule has 2 aromatic carbocycles. The quantitative estimate of drug-likeness (QED) is 0.697. The molecule has 3 rings (SSSR count). The maximum atomic E-state index is 5.19. The molecule has 1 heterocycles. The van der Waals surface area contributed by atoms with Crippen molar-refractivity contribution in [2.45, 2.75) is 0 Å². The molecule has 0 saturated carbocycles. The number of aromatic nitrogens is 1. The van der Waals surface area contributed by atoms with E-state index in [0.29, 0.717) is 0 Å². The van der Waals surface area contributed by atoms with Crippen LogP contribution in [-0.4, -0.2) is 12.1 Å². The van der Waals surface area contributed by atoms with Crippen molar-refractivity contribution >= 4 is 11.3 Å². The average molecular weight is 267 g/mol. The van der Waals surface area contributed by atoms with Gasteiger partial charge >= 0.3 is 0 Å². The maximum Gasteiger partial charge on any atom is 0.118 e. The Morgan fingerprint density at radius 1 is 0.895 bits per heavy atom. The van der Waals surface area contributed by atoms with E-state index in [1.807, 2.05) is 35.8 Å². The number of benzene rings is 2. The van der Waals surface area contributed by atoms with Gasteiger partial charge in [-0.15, -0.1) is 11.3 Å². The molecule has 0 aliphatic rings. The first-order chi connectivity index (χ1) is 9.38. The Morgan fingerprint density at radius 2 is 1.63 bits per heavy atom. The number of hydrogen-bond donors (Lipinski definition) is 0. The van der Waals surface area contributed by atoms with Gasteiger partial charge in [-0.25, -0.2) is 4.98 Å². The first kappa shape index (κ1) is 11.9. The second-order valence-electron chi connectivity index (χ2n) is 4.12. The number of methoxy groups -OCH3 is 1. The van der Waals surface area contributed by atoms with Gasteiger partial charge in [0.15, 0.2) is 0 Å². The average Bonchev–Trinajstić information content (AvgIpc) is 2.98. The molecular formula is C16H13NOS. The molecule has 0 amide bonds. The molecule has 0 N–H and O–H groups in total. The lowest BCUT2D eigenvalue weighted by molar-refractivity contribution is 0.415. The summed E-state index contributed by atoms with van der Waals surface area (Å²) in [6.45, 7) is 0. The van der Waals surface area contributed by atoms with Crippen molar-refractivity contribution < 1.29 is 4.74 Å². The minimum absolute atomic E-state index is 0.870. The molecule has 3 aromatic rings. The molecule has 19 heavy (non-hydrogen) atoms. The summed E-state index contributed by atoms with van der Waals surface area (Å²) in [5, 5.41) is 0. The van der Waals surface area contributed by atoms with E-state index in [-0.39, 0.29) is 0 Å². The molecule has 0 bridgehead atoms. The molecule has 1 aromatic heterocycles. The molecule has 0 radical (unpaired) electrons. The van der Waals surface area contributed by atoms with Crippen LogP contribution in [0.1, 0.15) is 0 Å². The predicted molar refractivity (Wildman–Crippen MR) is 79.5 cm³/mol. The number of rotatable bonds is 3. The molecule has 0 spiro atoms. The molecule has 0 atom stereocenters. The first-order valence-corrected chi connectivity index (χ1v) is 6.90. The van der Waals surface area contributed by atoms with Gasteiger partial charge in [0.25, 0.3) is 0 Å². The monoisotopic (exact) mass is 267 g/mol. The van der Waals surface area contributed by atoms with E-state index in [1.54, 1.807) is 18.4 Å². The van der Waals surface area contributed by atoms with Crippen LogP contribution in [0.5, 0.6) is 5.75 Å². The van der Waals surface area contributed by atoms with Crippen LogP contribution < -0.4 is 4.74 Å². The molecule has 0 saturated heterocycles. The lowest BCUT2D eigenvalue weighted by Crippen LogP contribution is -1.83. The lowest BCUT2D eigenvalue weighted by atomic mass is 10.1. The van der Waals surface area contributed by atoms with E-state index in [0.717, 1.165) is 17.0 Å². The Hall–Kier alpha value is -2.13. The number of nitrogens with zero attached hydrogens (tertiary/aromatic N) is 1. The van der Waals surface area contributed by atoms with E-state index in [1.165, 1.54) is 10.4 Å². The van der Waals surface area contributed by atoms with Crippen molar-refractivity contribution in [3.8, 4) is 27.4 Å². The molecule has 0 unspecified atom stereocenters. The first-order valence-electron chi connectivity index (χ1n) is 6.02. The van der Waals surface area contributed by atoms with Gasteiger partial charge in [0, 0.05) is 5.56 Å². The fourth-order valence-electron chi connectivity index (χ4n) is 2.00. The summed E-state index contributed by atoms with van der Waals surface area (Å²) >= 11 is 1.66. The highest BCUT2D eigenvalue weighted by molar-refractivity contribution is 7.13. The Kier molecular flexibility index (Phi) is 3.29. The Balaban J connectivity index is 2.04. The lowest BCUT2D eigenvalue weighted by Gasteiger charge is -2.04. The van der Waals surface area contributed by atoms with E-state index in [4.69, 9.17) is 4.74 Å². The molecule has 0 fully saturated rings. The van der Waals surface area contributed by atoms with Gasteiger partial charge in [-0.05, 0) is 29.8 Å². The zero-order chi connectivity index (χ0) is 13.1. The largest absolute Gasteiger partial charge is 0.497 e. The summed E-state index contributed by atoms with van der Waals surface area (Å²) in [6, 6.07) is 18.3. The second-order valence-corrected chi connectivity index (χ2v) is 4.98. The highest BCUT2D eigenvalue weighted by Crippen LogP contribution is 2.35. The van der Waals surface area contributed by atoms with E-state index in [9.17, 15) is 0 Å².